The molecule has 0 radical (unpaired) electrons. The largest absolute Gasteiger partial charge is 0.437 e. The van der Waals surface area contributed by atoms with Gasteiger partial charge >= 0.3 is 0 Å². The molecule has 0 aliphatic rings. The molecule has 0 atom stereocenters. The first-order valence-electron chi connectivity index (χ1n) is 6.94. The van der Waals surface area contributed by atoms with E-state index in [1.54, 1.807) is 12.4 Å². The quantitative estimate of drug-likeness (QED) is 0.888. The normalized spacial score (nSPS) is 10.7. The second kappa shape index (κ2) is 6.37. The van der Waals surface area contributed by atoms with Crippen LogP contribution < -0.4 is 10.1 Å². The Balaban J connectivity index is 2.17. The van der Waals surface area contributed by atoms with Crippen LogP contribution in [0.3, 0.4) is 0 Å². The molecule has 1 aromatic carbocycles. The van der Waals surface area contributed by atoms with Gasteiger partial charge in [0.25, 0.3) is 0 Å². The lowest BCUT2D eigenvalue weighted by atomic mass is 9.98. The number of hydrogen-bond donors (Lipinski definition) is 1. The maximum absolute atomic E-state index is 5.77. The third-order valence-corrected chi connectivity index (χ3v) is 3.06. The summed E-state index contributed by atoms with van der Waals surface area (Å²) in [5.74, 6) is 2.52. The number of nitrogens with one attached hydrogen (secondary N) is 1. The average molecular weight is 271 g/mol. The van der Waals surface area contributed by atoms with E-state index in [1.165, 1.54) is 11.1 Å². The molecule has 0 amide bonds. The zero-order valence-electron chi connectivity index (χ0n) is 12.5. The van der Waals surface area contributed by atoms with Crippen LogP contribution in [0.4, 0.5) is 5.82 Å². The van der Waals surface area contributed by atoms with Crippen molar-refractivity contribution in [2.24, 2.45) is 0 Å². The van der Waals surface area contributed by atoms with E-state index in [9.17, 15) is 0 Å². The number of rotatable bonds is 5. The first-order chi connectivity index (χ1) is 9.60. The van der Waals surface area contributed by atoms with Gasteiger partial charge in [-0.05, 0) is 43.0 Å². The topological polar surface area (TPSA) is 47.0 Å². The van der Waals surface area contributed by atoms with Crippen LogP contribution in [0.15, 0.2) is 30.6 Å². The summed E-state index contributed by atoms with van der Waals surface area (Å²) in [6.07, 6.45) is 3.30. The van der Waals surface area contributed by atoms with Gasteiger partial charge in [0.1, 0.15) is 11.6 Å². The minimum Gasteiger partial charge on any atom is -0.437 e. The van der Waals surface area contributed by atoms with Crippen LogP contribution in [0.1, 0.15) is 37.8 Å². The Kier molecular flexibility index (Phi) is 4.56. The molecule has 0 aliphatic heterocycles. The summed E-state index contributed by atoms with van der Waals surface area (Å²) in [5, 5.41) is 3.12. The predicted molar refractivity (Wildman–Crippen MR) is 81.5 cm³/mol. The highest BCUT2D eigenvalue weighted by Crippen LogP contribution is 2.26. The molecule has 0 saturated carbocycles. The first kappa shape index (κ1) is 14.3. The third-order valence-electron chi connectivity index (χ3n) is 3.06. The second-order valence-electron chi connectivity index (χ2n) is 5.05. The van der Waals surface area contributed by atoms with E-state index in [0.717, 1.165) is 18.1 Å². The molecule has 0 aliphatic carbocycles. The summed E-state index contributed by atoms with van der Waals surface area (Å²) in [5.41, 5.74) is 2.57. The number of aryl methyl sites for hydroxylation is 1. The van der Waals surface area contributed by atoms with E-state index in [2.05, 4.69) is 42.1 Å². The minimum atomic E-state index is 0.500. The molecule has 20 heavy (non-hydrogen) atoms. The van der Waals surface area contributed by atoms with Crippen LogP contribution in [-0.4, -0.2) is 16.5 Å². The monoisotopic (exact) mass is 271 g/mol. The van der Waals surface area contributed by atoms with E-state index in [0.29, 0.717) is 11.8 Å². The fourth-order valence-corrected chi connectivity index (χ4v) is 2.14. The molecular weight excluding hydrogens is 250 g/mol. The van der Waals surface area contributed by atoms with Gasteiger partial charge in [-0.2, -0.15) is 4.98 Å². The van der Waals surface area contributed by atoms with Crippen LogP contribution in [0.5, 0.6) is 11.6 Å². The number of nitrogens with zero attached hydrogens (tertiary/aromatic N) is 2. The summed E-state index contributed by atoms with van der Waals surface area (Å²) in [6, 6.07) is 6.12. The van der Waals surface area contributed by atoms with E-state index in [-0.39, 0.29) is 0 Å². The summed E-state index contributed by atoms with van der Waals surface area (Å²) in [4.78, 5) is 8.47. The van der Waals surface area contributed by atoms with E-state index in [4.69, 9.17) is 4.74 Å². The summed E-state index contributed by atoms with van der Waals surface area (Å²) >= 11 is 0. The minimum absolute atomic E-state index is 0.500. The molecule has 1 heterocycles. The Morgan fingerprint density at radius 2 is 2.05 bits per heavy atom. The molecule has 2 aromatic rings. The summed E-state index contributed by atoms with van der Waals surface area (Å²) in [6.45, 7) is 9.30. The molecular formula is C16H21N3O. The second-order valence-corrected chi connectivity index (χ2v) is 5.05. The first-order valence-corrected chi connectivity index (χ1v) is 6.94. The smallest absolute Gasteiger partial charge is 0.239 e. The molecule has 4 nitrogen and oxygen atoms in total. The van der Waals surface area contributed by atoms with Gasteiger partial charge < -0.3 is 10.1 Å². The Morgan fingerprint density at radius 1 is 1.25 bits per heavy atom. The lowest BCUT2D eigenvalue weighted by Crippen LogP contribution is -2.01. The van der Waals surface area contributed by atoms with Gasteiger partial charge in [-0.1, -0.05) is 19.9 Å². The zero-order chi connectivity index (χ0) is 14.5. The fraction of sp³-hybridized carbons (Fsp3) is 0.375. The Bertz CT molecular complexity index is 582. The van der Waals surface area contributed by atoms with E-state index in [1.807, 2.05) is 19.1 Å². The van der Waals surface area contributed by atoms with Gasteiger partial charge in [0.2, 0.25) is 5.88 Å². The number of ether oxygens (including phenoxy) is 1. The summed E-state index contributed by atoms with van der Waals surface area (Å²) in [7, 11) is 0. The molecule has 0 fully saturated rings. The third kappa shape index (κ3) is 3.47. The van der Waals surface area contributed by atoms with E-state index < -0.39 is 0 Å². The van der Waals surface area contributed by atoms with Gasteiger partial charge in [0.15, 0.2) is 0 Å². The molecule has 0 unspecified atom stereocenters. The maximum atomic E-state index is 5.77. The zero-order valence-corrected chi connectivity index (χ0v) is 12.5. The van der Waals surface area contributed by atoms with Crippen LogP contribution in [-0.2, 0) is 0 Å². The standard InChI is InChI=1S/C16H21N3O/c1-5-18-15-9-17-10-16(19-15)20-13-6-7-14(11(2)3)12(4)8-13/h6-11H,5H2,1-4H3,(H,18,19). The van der Waals surface area contributed by atoms with Crippen molar-refractivity contribution in [1.29, 1.82) is 0 Å². The van der Waals surface area contributed by atoms with Gasteiger partial charge in [-0.15, -0.1) is 0 Å². The Morgan fingerprint density at radius 3 is 2.70 bits per heavy atom. The van der Waals surface area contributed by atoms with E-state index >= 15 is 0 Å². The van der Waals surface area contributed by atoms with Crippen molar-refractivity contribution < 1.29 is 4.74 Å². The lowest BCUT2D eigenvalue weighted by molar-refractivity contribution is 0.460. The highest BCUT2D eigenvalue weighted by atomic mass is 16.5. The molecule has 1 N–H and O–H groups in total. The van der Waals surface area contributed by atoms with Crippen molar-refractivity contribution in [1.82, 2.24) is 9.97 Å². The maximum Gasteiger partial charge on any atom is 0.239 e. The molecule has 0 spiro atoms. The fourth-order valence-electron chi connectivity index (χ4n) is 2.14. The van der Waals surface area contributed by atoms with Gasteiger partial charge in [0.05, 0.1) is 12.4 Å². The van der Waals surface area contributed by atoms with Crippen molar-refractivity contribution >= 4 is 5.82 Å². The summed E-state index contributed by atoms with van der Waals surface area (Å²) < 4.78 is 5.77. The molecule has 0 saturated heterocycles. The van der Waals surface area contributed by atoms with Crippen molar-refractivity contribution in [2.45, 2.75) is 33.6 Å². The van der Waals surface area contributed by atoms with Crippen molar-refractivity contribution in [3.05, 3.63) is 41.7 Å². The van der Waals surface area contributed by atoms with Crippen molar-refractivity contribution in [3.63, 3.8) is 0 Å². The van der Waals surface area contributed by atoms with Crippen molar-refractivity contribution in [2.75, 3.05) is 11.9 Å². The number of anilines is 1. The lowest BCUT2D eigenvalue weighted by Gasteiger charge is -2.12. The van der Waals surface area contributed by atoms with Crippen LogP contribution in [0.25, 0.3) is 0 Å². The Hall–Kier alpha value is -2.10. The van der Waals surface area contributed by atoms with Crippen molar-refractivity contribution in [3.8, 4) is 11.6 Å². The number of benzene rings is 1. The van der Waals surface area contributed by atoms with Gasteiger partial charge in [-0.25, -0.2) is 0 Å². The molecule has 106 valence electrons. The molecule has 1 aromatic heterocycles. The molecule has 2 rings (SSSR count). The van der Waals surface area contributed by atoms with Gasteiger partial charge in [-0.3, -0.25) is 4.98 Å². The van der Waals surface area contributed by atoms with Crippen LogP contribution in [0.2, 0.25) is 0 Å². The highest BCUT2D eigenvalue weighted by molar-refractivity contribution is 5.39. The predicted octanol–water partition coefficient (Wildman–Crippen LogP) is 4.13. The number of hydrogen-bond acceptors (Lipinski definition) is 4. The van der Waals surface area contributed by atoms with Gasteiger partial charge in [0, 0.05) is 6.54 Å². The highest BCUT2D eigenvalue weighted by Gasteiger charge is 2.06. The van der Waals surface area contributed by atoms with Crippen LogP contribution >= 0.6 is 0 Å². The van der Waals surface area contributed by atoms with Crippen LogP contribution in [0, 0.1) is 6.92 Å². The SMILES string of the molecule is CCNc1cncc(Oc2ccc(C(C)C)c(C)c2)n1. The Labute approximate surface area is 120 Å². The molecule has 4 heteroatoms. The molecule has 0 bridgehead atoms. The number of aromatic nitrogens is 2. The average Bonchev–Trinajstić information content (AvgIpc) is 2.39.